The molecule has 0 spiro atoms. The number of furan rings is 1. The summed E-state index contributed by atoms with van der Waals surface area (Å²) in [6.45, 7) is 6.25. The van der Waals surface area contributed by atoms with Gasteiger partial charge in [0.25, 0.3) is 0 Å². The summed E-state index contributed by atoms with van der Waals surface area (Å²) < 4.78 is 8.74. The number of aromatic nitrogens is 4. The minimum Gasteiger partial charge on any atom is -0.456 e. The molecule has 10 aromatic carbocycles. The van der Waals surface area contributed by atoms with Gasteiger partial charge in [0.15, 0.2) is 17.5 Å². The van der Waals surface area contributed by atoms with Crippen LogP contribution in [0, 0.1) is 0 Å². The molecular weight excluding hydrogens is 913 g/mol. The van der Waals surface area contributed by atoms with Crippen molar-refractivity contribution in [1.82, 2.24) is 19.5 Å². The van der Waals surface area contributed by atoms with Crippen LogP contribution in [0.1, 0.15) is 12.5 Å². The molecule has 75 heavy (non-hydrogen) atoms. The first-order chi connectivity index (χ1) is 37.1. The first-order valence-corrected chi connectivity index (χ1v) is 25.3. The molecule has 5 nitrogen and oxygen atoms in total. The van der Waals surface area contributed by atoms with E-state index in [0.717, 1.165) is 122 Å². The Morgan fingerprint density at radius 1 is 0.400 bits per heavy atom. The maximum absolute atomic E-state index is 6.28. The Morgan fingerprint density at radius 2 is 0.867 bits per heavy atom. The summed E-state index contributed by atoms with van der Waals surface area (Å²) in [4.78, 5) is 16.1. The van der Waals surface area contributed by atoms with Gasteiger partial charge in [-0.1, -0.05) is 207 Å². The second kappa shape index (κ2) is 19.2. The summed E-state index contributed by atoms with van der Waals surface area (Å²) in [6.07, 6.45) is 8.17. The molecule has 0 unspecified atom stereocenters. The Bertz CT molecular complexity index is 4280. The largest absolute Gasteiger partial charge is 0.456 e. The Labute approximate surface area is 435 Å². The van der Waals surface area contributed by atoms with Crippen LogP contribution in [0.15, 0.2) is 272 Å². The van der Waals surface area contributed by atoms with E-state index in [0.29, 0.717) is 17.5 Å². The fourth-order valence-electron chi connectivity index (χ4n) is 10.5. The highest BCUT2D eigenvalue weighted by Crippen LogP contribution is 2.45. The van der Waals surface area contributed by atoms with E-state index in [1.807, 2.05) is 55.5 Å². The Kier molecular flexibility index (Phi) is 11.5. The van der Waals surface area contributed by atoms with Crippen molar-refractivity contribution < 1.29 is 4.42 Å². The van der Waals surface area contributed by atoms with Crippen molar-refractivity contribution in [3.05, 3.63) is 273 Å². The molecule has 0 aliphatic carbocycles. The minimum atomic E-state index is 0.560. The Balaban J connectivity index is 1.09. The number of allylic oxidation sites excluding steroid dienone is 5. The number of rotatable bonds is 11. The molecule has 3 heterocycles. The molecule has 0 saturated heterocycles. The normalized spacial score (nSPS) is 11.9. The van der Waals surface area contributed by atoms with Crippen LogP contribution >= 0.6 is 0 Å². The zero-order valence-electron chi connectivity index (χ0n) is 41.2. The number of fused-ring (bicyclic) bond motifs is 6. The predicted molar refractivity (Wildman–Crippen MR) is 312 cm³/mol. The molecule has 0 bridgehead atoms. The minimum absolute atomic E-state index is 0.560. The average molecular weight is 961 g/mol. The molecular formula is C70H48N4O. The van der Waals surface area contributed by atoms with Gasteiger partial charge in [-0.05, 0) is 112 Å². The quantitative estimate of drug-likeness (QED) is 0.121. The molecule has 3 aromatic heterocycles. The lowest BCUT2D eigenvalue weighted by Crippen LogP contribution is -2.04. The maximum Gasteiger partial charge on any atom is 0.164 e. The third-order valence-corrected chi connectivity index (χ3v) is 14.2. The van der Waals surface area contributed by atoms with Gasteiger partial charge in [-0.25, -0.2) is 15.0 Å². The summed E-state index contributed by atoms with van der Waals surface area (Å²) in [7, 11) is 0. The highest BCUT2D eigenvalue weighted by atomic mass is 16.3. The van der Waals surface area contributed by atoms with Crippen molar-refractivity contribution in [3.8, 4) is 84.4 Å². The molecule has 5 heteroatoms. The second-order valence-electron chi connectivity index (χ2n) is 18.7. The number of hydrogen-bond acceptors (Lipinski definition) is 4. The summed E-state index contributed by atoms with van der Waals surface area (Å²) in [5.74, 6) is 1.70. The van der Waals surface area contributed by atoms with Gasteiger partial charge in [-0.15, -0.1) is 0 Å². The zero-order chi connectivity index (χ0) is 50.2. The summed E-state index contributed by atoms with van der Waals surface area (Å²) in [5.41, 5.74) is 18.4. The Hall–Kier alpha value is -9.97. The highest BCUT2D eigenvalue weighted by Gasteiger charge is 2.24. The van der Waals surface area contributed by atoms with Crippen molar-refractivity contribution in [2.24, 2.45) is 0 Å². The molecule has 0 aliphatic rings. The van der Waals surface area contributed by atoms with Crippen LogP contribution in [0.2, 0.25) is 0 Å². The van der Waals surface area contributed by atoms with Crippen LogP contribution in [-0.4, -0.2) is 19.5 Å². The van der Waals surface area contributed by atoms with Gasteiger partial charge in [-0.3, -0.25) is 0 Å². The van der Waals surface area contributed by atoms with Crippen LogP contribution in [0.3, 0.4) is 0 Å². The number of hydrogen-bond donors (Lipinski definition) is 0. The van der Waals surface area contributed by atoms with Crippen LogP contribution in [0.5, 0.6) is 0 Å². The van der Waals surface area contributed by atoms with Crippen LogP contribution in [0.25, 0.3) is 134 Å². The van der Waals surface area contributed by atoms with E-state index in [4.69, 9.17) is 19.4 Å². The van der Waals surface area contributed by atoms with Crippen LogP contribution in [-0.2, 0) is 0 Å². The number of para-hydroxylation sites is 1. The van der Waals surface area contributed by atoms with Gasteiger partial charge < -0.3 is 8.98 Å². The standard InChI is InChI=1S/C70H48N4O/c1-3-5-20-46(4-2)53-35-38-63-60(41-53)61-42-54(48-23-12-7-13-24-48)36-39-64(61)74(63)67-58(50-25-14-8-15-26-50)44-56(45-59(67)51-27-16-9-17-28-51)70-72-68(52-33-31-49(32-34-52)47-21-10-6-11-22-47)71-69(73-70)55-37-40-66-62(43-55)57-29-18-19-30-65(57)75-66/h3-45H,2H2,1H3/b5-3-,46-20+. The molecule has 13 aromatic rings. The van der Waals surface area contributed by atoms with E-state index < -0.39 is 0 Å². The van der Waals surface area contributed by atoms with E-state index in [1.165, 1.54) is 0 Å². The molecule has 0 saturated carbocycles. The summed E-state index contributed by atoms with van der Waals surface area (Å²) >= 11 is 0. The molecule has 0 fully saturated rings. The number of benzene rings is 10. The lowest BCUT2D eigenvalue weighted by Gasteiger charge is -2.21. The van der Waals surface area contributed by atoms with E-state index in [2.05, 4.69) is 223 Å². The number of nitrogens with zero attached hydrogens (tertiary/aromatic N) is 4. The van der Waals surface area contributed by atoms with Crippen LogP contribution in [0.4, 0.5) is 0 Å². The molecule has 354 valence electrons. The molecule has 0 N–H and O–H groups in total. The van der Waals surface area contributed by atoms with Gasteiger partial charge >= 0.3 is 0 Å². The fraction of sp³-hybridized carbons (Fsp3) is 0.0143. The molecule has 13 rings (SSSR count). The molecule has 0 amide bonds. The maximum atomic E-state index is 6.28. The first-order valence-electron chi connectivity index (χ1n) is 25.3. The summed E-state index contributed by atoms with van der Waals surface area (Å²) in [6, 6.07) is 83.5. The van der Waals surface area contributed by atoms with Crippen molar-refractivity contribution >= 4 is 49.3 Å². The lowest BCUT2D eigenvalue weighted by atomic mass is 9.92. The Morgan fingerprint density at radius 3 is 1.49 bits per heavy atom. The smallest absolute Gasteiger partial charge is 0.164 e. The van der Waals surface area contributed by atoms with Gasteiger partial charge in [0.05, 0.1) is 16.7 Å². The molecule has 0 atom stereocenters. The van der Waals surface area contributed by atoms with Gasteiger partial charge in [0, 0.05) is 49.4 Å². The predicted octanol–water partition coefficient (Wildman–Crippen LogP) is 18.7. The van der Waals surface area contributed by atoms with Gasteiger partial charge in [0.1, 0.15) is 11.2 Å². The van der Waals surface area contributed by atoms with E-state index in [9.17, 15) is 0 Å². The topological polar surface area (TPSA) is 56.7 Å². The van der Waals surface area contributed by atoms with E-state index in [1.54, 1.807) is 0 Å². The lowest BCUT2D eigenvalue weighted by molar-refractivity contribution is 0.669. The molecule has 0 aliphatic heterocycles. The first kappa shape index (κ1) is 44.9. The second-order valence-corrected chi connectivity index (χ2v) is 18.7. The monoisotopic (exact) mass is 960 g/mol. The SMILES string of the molecule is C=C/C(=C\C=C/C)c1ccc2c(c1)c1cc(-c3ccccc3)ccc1n2-c1c(-c2ccccc2)cc(-c2nc(-c3ccc(-c4ccccc4)cc3)nc(-c3ccc4oc5ccccc5c4c3)n2)cc1-c1ccccc1. The third-order valence-electron chi connectivity index (χ3n) is 14.2. The van der Waals surface area contributed by atoms with Crippen molar-refractivity contribution in [2.45, 2.75) is 6.92 Å². The summed E-state index contributed by atoms with van der Waals surface area (Å²) in [5, 5.41) is 4.34. The van der Waals surface area contributed by atoms with Crippen molar-refractivity contribution in [3.63, 3.8) is 0 Å². The van der Waals surface area contributed by atoms with Crippen molar-refractivity contribution in [2.75, 3.05) is 0 Å². The van der Waals surface area contributed by atoms with E-state index >= 15 is 0 Å². The van der Waals surface area contributed by atoms with Crippen molar-refractivity contribution in [1.29, 1.82) is 0 Å². The van der Waals surface area contributed by atoms with Crippen LogP contribution < -0.4 is 0 Å². The highest BCUT2D eigenvalue weighted by molar-refractivity contribution is 6.13. The van der Waals surface area contributed by atoms with E-state index in [-0.39, 0.29) is 0 Å². The van der Waals surface area contributed by atoms with Gasteiger partial charge in [-0.2, -0.15) is 0 Å². The fourth-order valence-corrected chi connectivity index (χ4v) is 10.5. The zero-order valence-corrected chi connectivity index (χ0v) is 41.2. The third kappa shape index (κ3) is 8.32. The average Bonchev–Trinajstić information content (AvgIpc) is 4.03. The van der Waals surface area contributed by atoms with Gasteiger partial charge in [0.2, 0.25) is 0 Å². The molecule has 0 radical (unpaired) electrons.